The Labute approximate surface area is 190 Å². The van der Waals surface area contributed by atoms with Gasteiger partial charge in [0, 0.05) is 37.3 Å². The first-order valence-corrected chi connectivity index (χ1v) is 11.9. The first-order valence-electron chi connectivity index (χ1n) is 10.1. The lowest BCUT2D eigenvalue weighted by Crippen LogP contribution is -2.30. The summed E-state index contributed by atoms with van der Waals surface area (Å²) < 4.78 is 11.2. The number of nitro benzene ring substituents is 1. The fourth-order valence-corrected chi connectivity index (χ4v) is 4.08. The Morgan fingerprint density at radius 3 is 2.06 bits per heavy atom. The smallest absolute Gasteiger partial charge is 0.329 e. The van der Waals surface area contributed by atoms with Crippen molar-refractivity contribution in [3.05, 3.63) is 111 Å². The van der Waals surface area contributed by atoms with Crippen LogP contribution in [0.25, 0.3) is 0 Å². The van der Waals surface area contributed by atoms with Crippen LogP contribution < -0.4 is 5.73 Å². The maximum atomic E-state index is 13.3. The van der Waals surface area contributed by atoms with Gasteiger partial charge in [0.15, 0.2) is 0 Å². The number of carbonyl (C=O) groups excluding carboxylic acids is 1. The number of nitrogens with two attached hydrogens (primary N) is 1. The van der Waals surface area contributed by atoms with Crippen LogP contribution >= 0.6 is 7.60 Å². The summed E-state index contributed by atoms with van der Waals surface area (Å²) >= 11 is 0. The van der Waals surface area contributed by atoms with Crippen LogP contribution in [0.1, 0.15) is 32.6 Å². The van der Waals surface area contributed by atoms with Gasteiger partial charge in [-0.2, -0.15) is 0 Å². The number of benzene rings is 3. The highest BCUT2D eigenvalue weighted by Gasteiger charge is 2.19. The molecule has 0 saturated carbocycles. The first-order chi connectivity index (χ1) is 15.6. The van der Waals surface area contributed by atoms with Crippen molar-refractivity contribution < 1.29 is 24.1 Å². The Hall–Kier alpha value is -3.36. The third kappa shape index (κ3) is 7.06. The summed E-state index contributed by atoms with van der Waals surface area (Å²) in [5, 5.41) is 10.9. The van der Waals surface area contributed by atoms with Gasteiger partial charge in [0.1, 0.15) is 0 Å². The molecule has 33 heavy (non-hydrogen) atoms. The van der Waals surface area contributed by atoms with Crippen molar-refractivity contribution in [2.24, 2.45) is 5.73 Å². The van der Waals surface area contributed by atoms with Crippen molar-refractivity contribution in [3.8, 4) is 0 Å². The van der Waals surface area contributed by atoms with Gasteiger partial charge in [0.05, 0.1) is 11.1 Å². The molecule has 0 unspecified atom stereocenters. The molecule has 172 valence electrons. The van der Waals surface area contributed by atoms with E-state index in [4.69, 9.17) is 15.5 Å². The van der Waals surface area contributed by atoms with Gasteiger partial charge in [-0.05, 0) is 34.4 Å². The van der Waals surface area contributed by atoms with E-state index in [2.05, 4.69) is 0 Å². The monoisotopic (exact) mass is 469 g/mol. The van der Waals surface area contributed by atoms with Gasteiger partial charge in [-0.1, -0.05) is 48.5 Å². The van der Waals surface area contributed by atoms with Crippen molar-refractivity contribution >= 4 is 19.2 Å². The molecule has 0 aliphatic rings. The number of hydrogen-bond donors (Lipinski definition) is 3. The maximum Gasteiger partial charge on any atom is 0.329 e. The predicted octanol–water partition coefficient (Wildman–Crippen LogP) is 3.57. The van der Waals surface area contributed by atoms with Crippen LogP contribution in [0.3, 0.4) is 0 Å². The van der Waals surface area contributed by atoms with Crippen LogP contribution in [0.4, 0.5) is 5.69 Å². The topological polar surface area (TPSA) is 147 Å². The number of non-ortho nitro benzene ring substituents is 1. The third-order valence-corrected chi connectivity index (χ3v) is 5.77. The SMILES string of the molecule is NCc1cccc(CN(Cc2ccc(CP(=O)(O)O)cc2)C(=O)c2ccc([N+](=O)[O-])cc2)c1. The Bertz CT molecular complexity index is 1180. The fourth-order valence-electron chi connectivity index (χ4n) is 3.39. The number of nitro groups is 1. The molecule has 0 aromatic heterocycles. The first kappa shape index (κ1) is 24.3. The van der Waals surface area contributed by atoms with E-state index in [1.54, 1.807) is 29.2 Å². The molecule has 9 nitrogen and oxygen atoms in total. The number of carbonyl (C=O) groups is 1. The largest absolute Gasteiger partial charge is 0.330 e. The Morgan fingerprint density at radius 2 is 1.48 bits per heavy atom. The summed E-state index contributed by atoms with van der Waals surface area (Å²) in [6.07, 6.45) is -0.357. The van der Waals surface area contributed by atoms with Crippen molar-refractivity contribution in [2.75, 3.05) is 0 Å². The summed E-state index contributed by atoms with van der Waals surface area (Å²) in [6.45, 7) is 0.887. The van der Waals surface area contributed by atoms with E-state index in [-0.39, 0.29) is 30.8 Å². The number of hydrogen-bond acceptors (Lipinski definition) is 5. The minimum Gasteiger partial charge on any atom is -0.330 e. The van der Waals surface area contributed by atoms with Gasteiger partial charge in [-0.15, -0.1) is 0 Å². The van der Waals surface area contributed by atoms with Crippen LogP contribution in [0, 0.1) is 10.1 Å². The Morgan fingerprint density at radius 1 is 0.909 bits per heavy atom. The Kier molecular flexibility index (Phi) is 7.73. The van der Waals surface area contributed by atoms with E-state index in [9.17, 15) is 19.5 Å². The highest BCUT2D eigenvalue weighted by atomic mass is 31.2. The molecule has 0 saturated heterocycles. The quantitative estimate of drug-likeness (QED) is 0.247. The van der Waals surface area contributed by atoms with Gasteiger partial charge in [0.2, 0.25) is 0 Å². The molecule has 0 heterocycles. The molecule has 3 rings (SSSR count). The van der Waals surface area contributed by atoms with Gasteiger partial charge < -0.3 is 20.4 Å². The standard InChI is InChI=1S/C23H24N3O6P/c24-13-19-2-1-3-20(12-19)15-25(23(27)21-8-10-22(11-9-21)26(28)29)14-17-4-6-18(7-5-17)16-33(30,31)32/h1-12H,13-16,24H2,(H2,30,31,32). The molecule has 3 aromatic carbocycles. The lowest BCUT2D eigenvalue weighted by atomic mass is 10.1. The zero-order valence-electron chi connectivity index (χ0n) is 17.7. The summed E-state index contributed by atoms with van der Waals surface area (Å²) in [5.74, 6) is -0.303. The van der Waals surface area contributed by atoms with Gasteiger partial charge in [0.25, 0.3) is 11.6 Å². The Balaban J connectivity index is 1.86. The second-order valence-electron chi connectivity index (χ2n) is 7.63. The highest BCUT2D eigenvalue weighted by Crippen LogP contribution is 2.39. The molecule has 0 radical (unpaired) electrons. The predicted molar refractivity (Wildman–Crippen MR) is 123 cm³/mol. The fraction of sp³-hybridized carbons (Fsp3) is 0.174. The summed E-state index contributed by atoms with van der Waals surface area (Å²) in [6, 6.07) is 19.7. The highest BCUT2D eigenvalue weighted by molar-refractivity contribution is 7.50. The van der Waals surface area contributed by atoms with E-state index >= 15 is 0 Å². The lowest BCUT2D eigenvalue weighted by Gasteiger charge is -2.24. The summed E-state index contributed by atoms with van der Waals surface area (Å²) in [4.78, 5) is 43.6. The molecule has 0 aliphatic heterocycles. The average molecular weight is 469 g/mol. The van der Waals surface area contributed by atoms with Crippen LogP contribution in [0.15, 0.2) is 72.8 Å². The van der Waals surface area contributed by atoms with Crippen molar-refractivity contribution in [3.63, 3.8) is 0 Å². The zero-order chi connectivity index (χ0) is 24.0. The van der Waals surface area contributed by atoms with E-state index < -0.39 is 12.5 Å². The van der Waals surface area contributed by atoms with Gasteiger partial charge >= 0.3 is 7.60 Å². The molecular weight excluding hydrogens is 445 g/mol. The molecule has 0 fully saturated rings. The van der Waals surface area contributed by atoms with Gasteiger partial charge in [-0.25, -0.2) is 0 Å². The van der Waals surface area contributed by atoms with Crippen LogP contribution in [0.5, 0.6) is 0 Å². The van der Waals surface area contributed by atoms with E-state index in [1.807, 2.05) is 24.3 Å². The normalized spacial score (nSPS) is 11.2. The second kappa shape index (κ2) is 10.5. The maximum absolute atomic E-state index is 13.3. The van der Waals surface area contributed by atoms with Gasteiger partial charge in [-0.3, -0.25) is 19.5 Å². The second-order valence-corrected chi connectivity index (χ2v) is 9.27. The van der Waals surface area contributed by atoms with E-state index in [0.29, 0.717) is 17.7 Å². The minimum atomic E-state index is -4.17. The van der Waals surface area contributed by atoms with Crippen LogP contribution in [-0.2, 0) is 30.4 Å². The van der Waals surface area contributed by atoms with Crippen molar-refractivity contribution in [1.29, 1.82) is 0 Å². The van der Waals surface area contributed by atoms with E-state index in [0.717, 1.165) is 16.7 Å². The summed E-state index contributed by atoms with van der Waals surface area (Å²) in [7, 11) is -4.17. The molecular formula is C23H24N3O6P. The van der Waals surface area contributed by atoms with Crippen LogP contribution in [0.2, 0.25) is 0 Å². The average Bonchev–Trinajstić information content (AvgIpc) is 2.78. The van der Waals surface area contributed by atoms with E-state index in [1.165, 1.54) is 24.3 Å². The molecule has 10 heteroatoms. The third-order valence-electron chi connectivity index (χ3n) is 5.00. The van der Waals surface area contributed by atoms with Crippen LogP contribution in [-0.4, -0.2) is 25.5 Å². The molecule has 0 atom stereocenters. The lowest BCUT2D eigenvalue weighted by molar-refractivity contribution is -0.384. The molecule has 4 N–H and O–H groups in total. The number of nitrogens with zero attached hydrogens (tertiary/aromatic N) is 2. The van der Waals surface area contributed by atoms with Crippen molar-refractivity contribution in [1.82, 2.24) is 4.90 Å². The van der Waals surface area contributed by atoms with Crippen molar-refractivity contribution in [2.45, 2.75) is 25.8 Å². The molecule has 0 aliphatic carbocycles. The zero-order valence-corrected chi connectivity index (χ0v) is 18.6. The summed E-state index contributed by atoms with van der Waals surface area (Å²) in [5.41, 5.74) is 9.02. The molecule has 1 amide bonds. The molecule has 3 aromatic rings. The molecule has 0 bridgehead atoms. The molecule has 0 spiro atoms. The minimum absolute atomic E-state index is 0.102. The number of amides is 1. The number of rotatable bonds is 9.